The van der Waals surface area contributed by atoms with Crippen LogP contribution in [0.3, 0.4) is 0 Å². The van der Waals surface area contributed by atoms with Crippen molar-refractivity contribution in [3.63, 3.8) is 0 Å². The van der Waals surface area contributed by atoms with Crippen LogP contribution >= 0.6 is 0 Å². The molecule has 1 aromatic rings. The first-order chi connectivity index (χ1) is 8.54. The van der Waals surface area contributed by atoms with E-state index in [4.69, 9.17) is 0 Å². The maximum absolute atomic E-state index is 13.0. The van der Waals surface area contributed by atoms with Crippen LogP contribution in [0.2, 0.25) is 0 Å². The highest BCUT2D eigenvalue weighted by Gasteiger charge is 2.06. The molecule has 1 rings (SSSR count). The number of hydrogen-bond donors (Lipinski definition) is 1. The van der Waals surface area contributed by atoms with E-state index in [9.17, 15) is 9.18 Å². The summed E-state index contributed by atoms with van der Waals surface area (Å²) in [6, 6.07) is 6.46. The summed E-state index contributed by atoms with van der Waals surface area (Å²) in [6.07, 6.45) is 1.75. The Labute approximate surface area is 107 Å². The molecule has 0 aliphatic heterocycles. The van der Waals surface area contributed by atoms with Crippen LogP contribution in [0, 0.1) is 5.82 Å². The molecule has 0 radical (unpaired) electrons. The number of halogens is 1. The van der Waals surface area contributed by atoms with Gasteiger partial charge in [0.15, 0.2) is 0 Å². The number of ether oxygens (including phenoxy) is 1. The van der Waals surface area contributed by atoms with Crippen LogP contribution in [0.4, 0.5) is 4.39 Å². The largest absolute Gasteiger partial charge is 0.466 e. The molecule has 18 heavy (non-hydrogen) atoms. The highest BCUT2D eigenvalue weighted by atomic mass is 19.1. The minimum atomic E-state index is -0.338. The second-order valence-electron chi connectivity index (χ2n) is 4.06. The van der Waals surface area contributed by atoms with Gasteiger partial charge < -0.3 is 10.1 Å². The predicted octanol–water partition coefficient (Wildman–Crippen LogP) is 2.60. The average Bonchev–Trinajstić information content (AvgIpc) is 2.37. The Kier molecular flexibility index (Phi) is 5.52. The summed E-state index contributed by atoms with van der Waals surface area (Å²) in [4.78, 5) is 11.1. The molecule has 0 saturated carbocycles. The molecule has 0 aliphatic carbocycles. The molecule has 1 aromatic carbocycles. The number of methoxy groups -OCH3 is 1. The maximum atomic E-state index is 13.0. The van der Waals surface area contributed by atoms with Crippen LogP contribution in [-0.2, 0) is 9.53 Å². The number of esters is 1. The Hall–Kier alpha value is -1.68. The molecule has 0 heterocycles. The molecule has 1 N–H and O–H groups in total. The lowest BCUT2D eigenvalue weighted by Crippen LogP contribution is -2.19. The van der Waals surface area contributed by atoms with Crippen molar-refractivity contribution in [2.45, 2.75) is 19.9 Å². The van der Waals surface area contributed by atoms with Gasteiger partial charge in [-0.1, -0.05) is 18.2 Å². The Balaban J connectivity index is 2.52. The van der Waals surface area contributed by atoms with Crippen molar-refractivity contribution in [2.24, 2.45) is 0 Å². The number of hydrogen-bond acceptors (Lipinski definition) is 3. The van der Waals surface area contributed by atoms with E-state index in [1.807, 2.05) is 13.0 Å². The molecule has 0 spiro atoms. The summed E-state index contributed by atoms with van der Waals surface area (Å²) in [5, 5.41) is 3.19. The molecule has 0 unspecified atom stereocenters. The highest BCUT2D eigenvalue weighted by molar-refractivity contribution is 5.87. The summed E-state index contributed by atoms with van der Waals surface area (Å²) in [6.45, 7) is 4.16. The molecule has 1 atom stereocenters. The van der Waals surface area contributed by atoms with Crippen molar-refractivity contribution in [1.82, 2.24) is 5.32 Å². The zero-order valence-electron chi connectivity index (χ0n) is 10.9. The van der Waals surface area contributed by atoms with E-state index in [1.165, 1.54) is 19.2 Å². The zero-order valence-corrected chi connectivity index (χ0v) is 10.9. The van der Waals surface area contributed by atoms with Gasteiger partial charge in [0.05, 0.1) is 7.11 Å². The number of carbonyl (C=O) groups excluding carboxylic acids is 1. The summed E-state index contributed by atoms with van der Waals surface area (Å²) in [5.41, 5.74) is 1.43. The van der Waals surface area contributed by atoms with Crippen LogP contribution in [0.1, 0.15) is 25.5 Å². The lowest BCUT2D eigenvalue weighted by Gasteiger charge is -2.13. The minimum absolute atomic E-state index is 0.0161. The zero-order chi connectivity index (χ0) is 13.5. The lowest BCUT2D eigenvalue weighted by atomic mass is 10.1. The molecule has 0 bridgehead atoms. The van der Waals surface area contributed by atoms with E-state index < -0.39 is 0 Å². The molecule has 3 nitrogen and oxygen atoms in total. The Morgan fingerprint density at radius 2 is 2.28 bits per heavy atom. The van der Waals surface area contributed by atoms with E-state index in [-0.39, 0.29) is 17.8 Å². The third kappa shape index (κ3) is 4.30. The monoisotopic (exact) mass is 251 g/mol. The van der Waals surface area contributed by atoms with Crippen LogP contribution in [-0.4, -0.2) is 19.6 Å². The molecule has 0 aliphatic rings. The average molecular weight is 251 g/mol. The summed E-state index contributed by atoms with van der Waals surface area (Å²) >= 11 is 0. The molecular formula is C14H18FNO2. The SMILES string of the molecule is COC(=O)/C(C)=C/CN[C@H](C)c1cccc(F)c1. The van der Waals surface area contributed by atoms with Gasteiger partial charge in [0, 0.05) is 18.2 Å². The first kappa shape index (κ1) is 14.4. The first-order valence-electron chi connectivity index (χ1n) is 5.78. The summed E-state index contributed by atoms with van der Waals surface area (Å²) < 4.78 is 17.6. The van der Waals surface area contributed by atoms with Gasteiger partial charge in [-0.05, 0) is 31.5 Å². The predicted molar refractivity (Wildman–Crippen MR) is 68.6 cm³/mol. The lowest BCUT2D eigenvalue weighted by molar-refractivity contribution is -0.136. The molecular weight excluding hydrogens is 233 g/mol. The van der Waals surface area contributed by atoms with Gasteiger partial charge >= 0.3 is 5.97 Å². The molecule has 4 heteroatoms. The number of carbonyl (C=O) groups is 1. The van der Waals surface area contributed by atoms with Crippen molar-refractivity contribution >= 4 is 5.97 Å². The maximum Gasteiger partial charge on any atom is 0.333 e. The topological polar surface area (TPSA) is 38.3 Å². The van der Waals surface area contributed by atoms with Crippen molar-refractivity contribution < 1.29 is 13.9 Å². The number of rotatable bonds is 5. The third-order valence-corrected chi connectivity index (χ3v) is 2.69. The normalized spacial score (nSPS) is 13.2. The van der Waals surface area contributed by atoms with Crippen molar-refractivity contribution in [2.75, 3.05) is 13.7 Å². The van der Waals surface area contributed by atoms with Gasteiger partial charge in [0.1, 0.15) is 5.82 Å². The van der Waals surface area contributed by atoms with E-state index in [2.05, 4.69) is 10.1 Å². The highest BCUT2D eigenvalue weighted by Crippen LogP contribution is 2.13. The van der Waals surface area contributed by atoms with Crippen LogP contribution in [0.5, 0.6) is 0 Å². The quantitative estimate of drug-likeness (QED) is 0.645. The van der Waals surface area contributed by atoms with E-state index in [0.29, 0.717) is 12.1 Å². The molecule has 98 valence electrons. The van der Waals surface area contributed by atoms with Gasteiger partial charge in [-0.25, -0.2) is 9.18 Å². The first-order valence-corrected chi connectivity index (χ1v) is 5.78. The van der Waals surface area contributed by atoms with Gasteiger partial charge in [0.2, 0.25) is 0 Å². The van der Waals surface area contributed by atoms with Crippen molar-refractivity contribution in [3.05, 3.63) is 47.3 Å². The fourth-order valence-electron chi connectivity index (χ4n) is 1.53. The molecule has 0 aromatic heterocycles. The summed E-state index contributed by atoms with van der Waals surface area (Å²) in [5.74, 6) is -0.586. The van der Waals surface area contributed by atoms with Crippen LogP contribution < -0.4 is 5.32 Å². The van der Waals surface area contributed by atoms with E-state index >= 15 is 0 Å². The Bertz CT molecular complexity index is 443. The fourth-order valence-corrected chi connectivity index (χ4v) is 1.53. The van der Waals surface area contributed by atoms with Gasteiger partial charge in [-0.15, -0.1) is 0 Å². The smallest absolute Gasteiger partial charge is 0.333 e. The summed E-state index contributed by atoms with van der Waals surface area (Å²) in [7, 11) is 1.35. The Morgan fingerprint density at radius 1 is 1.56 bits per heavy atom. The van der Waals surface area contributed by atoms with E-state index in [0.717, 1.165) is 5.56 Å². The second kappa shape index (κ2) is 6.91. The third-order valence-electron chi connectivity index (χ3n) is 2.69. The molecule has 0 amide bonds. The number of nitrogens with one attached hydrogen (secondary N) is 1. The van der Waals surface area contributed by atoms with Gasteiger partial charge in [0.25, 0.3) is 0 Å². The van der Waals surface area contributed by atoms with Crippen LogP contribution in [0.25, 0.3) is 0 Å². The van der Waals surface area contributed by atoms with Gasteiger partial charge in [-0.3, -0.25) is 0 Å². The Morgan fingerprint density at radius 3 is 2.89 bits per heavy atom. The molecule has 0 saturated heterocycles. The van der Waals surface area contributed by atoms with E-state index in [1.54, 1.807) is 19.1 Å². The second-order valence-corrected chi connectivity index (χ2v) is 4.06. The molecule has 0 fully saturated rings. The van der Waals surface area contributed by atoms with Crippen molar-refractivity contribution in [3.8, 4) is 0 Å². The minimum Gasteiger partial charge on any atom is -0.466 e. The fraction of sp³-hybridized carbons (Fsp3) is 0.357. The van der Waals surface area contributed by atoms with Crippen LogP contribution in [0.15, 0.2) is 35.9 Å². The van der Waals surface area contributed by atoms with Gasteiger partial charge in [-0.2, -0.15) is 0 Å². The standard InChI is InChI=1S/C14H18FNO2/c1-10(14(17)18-3)7-8-16-11(2)12-5-4-6-13(15)9-12/h4-7,9,11,16H,8H2,1-3H3/b10-7+/t11-/m1/s1. The number of benzene rings is 1. The van der Waals surface area contributed by atoms with Crippen molar-refractivity contribution in [1.29, 1.82) is 0 Å².